The number of Topliss-reactive ketones (excluding diaryl/α,β-unsaturated/α-hetero) is 1. The van der Waals surface area contributed by atoms with Gasteiger partial charge in [0.15, 0.2) is 30.8 Å². The first-order valence-electron chi connectivity index (χ1n) is 33.4. The minimum Gasteiger partial charge on any atom is -0.394 e. The lowest BCUT2D eigenvalue weighted by Crippen LogP contribution is -2.67. The third-order valence-corrected chi connectivity index (χ3v) is 17.4. The lowest BCUT2D eigenvalue weighted by atomic mass is 9.96. The number of unbranched alkanes of at least 4 members (excludes halogenated alkanes) is 31. The summed E-state index contributed by atoms with van der Waals surface area (Å²) in [6, 6.07) is -1.62. The van der Waals surface area contributed by atoms with E-state index in [2.05, 4.69) is 19.2 Å². The summed E-state index contributed by atoms with van der Waals surface area (Å²) in [6.07, 6.45) is 4.20. The lowest BCUT2D eigenvalue weighted by molar-refractivity contribution is -0.386. The molecule has 3 heterocycles. The van der Waals surface area contributed by atoms with Crippen LogP contribution in [-0.4, -0.2) is 220 Å². The number of carbonyl (C=O) groups excluding carboxylic acids is 2. The molecule has 0 aromatic carbocycles. The number of rotatable bonds is 50. The Balaban J connectivity index is 1.62. The summed E-state index contributed by atoms with van der Waals surface area (Å²) in [5.41, 5.74) is 0. The molecule has 0 spiro atoms. The molecule has 0 unspecified atom stereocenters. The van der Waals surface area contributed by atoms with Crippen molar-refractivity contribution in [2.75, 3.05) is 19.8 Å². The van der Waals surface area contributed by atoms with Crippen LogP contribution >= 0.6 is 0 Å². The second-order valence-electron chi connectivity index (χ2n) is 24.7. The van der Waals surface area contributed by atoms with Crippen molar-refractivity contribution in [2.45, 2.75) is 368 Å². The fourth-order valence-corrected chi connectivity index (χ4v) is 11.7. The molecule has 20 atom stereocenters. The van der Waals surface area contributed by atoms with Crippen LogP contribution in [0.25, 0.3) is 0 Å². The van der Waals surface area contributed by atoms with Crippen LogP contribution in [0.5, 0.6) is 0 Å². The summed E-state index contributed by atoms with van der Waals surface area (Å²) >= 11 is 0. The van der Waals surface area contributed by atoms with Gasteiger partial charge in [0.1, 0.15) is 79.4 Å². The monoisotopic (exact) mass is 1230 g/mol. The molecule has 0 bridgehead atoms. The maximum atomic E-state index is 13.7. The van der Waals surface area contributed by atoms with E-state index < -0.39 is 154 Å². The number of hydrogen-bond donors (Lipinski definition) is 14. The number of aliphatic hydroxyl groups excluding tert-OH is 13. The van der Waals surface area contributed by atoms with Crippen LogP contribution < -0.4 is 5.32 Å². The zero-order valence-electron chi connectivity index (χ0n) is 52.0. The predicted molar refractivity (Wildman–Crippen MR) is 317 cm³/mol. The Hall–Kier alpha value is -1.62. The molecular formula is C63H119NO21. The first-order valence-corrected chi connectivity index (χ1v) is 33.4. The van der Waals surface area contributed by atoms with Gasteiger partial charge in [0, 0.05) is 0 Å². The number of ether oxygens (including phenoxy) is 6. The highest BCUT2D eigenvalue weighted by molar-refractivity contribution is 6.05. The van der Waals surface area contributed by atoms with Gasteiger partial charge in [-0.3, -0.25) is 9.59 Å². The topological polar surface area (TPSA) is 365 Å². The van der Waals surface area contributed by atoms with Gasteiger partial charge in [0.2, 0.25) is 0 Å². The van der Waals surface area contributed by atoms with Gasteiger partial charge >= 0.3 is 0 Å². The second-order valence-corrected chi connectivity index (χ2v) is 24.7. The third-order valence-electron chi connectivity index (χ3n) is 17.4. The minimum atomic E-state index is -2.39. The van der Waals surface area contributed by atoms with Crippen molar-refractivity contribution in [2.24, 2.45) is 0 Å². The molecule has 85 heavy (non-hydrogen) atoms. The summed E-state index contributed by atoms with van der Waals surface area (Å²) in [6.45, 7) is 3.23. The molecule has 22 nitrogen and oxygen atoms in total. The van der Waals surface area contributed by atoms with Crippen LogP contribution in [0.1, 0.15) is 245 Å². The number of carbonyl (C=O) groups is 2. The van der Waals surface area contributed by atoms with E-state index in [-0.39, 0.29) is 12.8 Å². The molecule has 3 saturated heterocycles. The van der Waals surface area contributed by atoms with Crippen molar-refractivity contribution < 1.29 is 104 Å². The molecule has 14 N–H and O–H groups in total. The normalized spacial score (nSPS) is 30.0. The van der Waals surface area contributed by atoms with E-state index in [0.29, 0.717) is 12.8 Å². The molecule has 0 aromatic rings. The Labute approximate surface area is 507 Å². The highest BCUT2D eigenvalue weighted by Crippen LogP contribution is 2.34. The largest absolute Gasteiger partial charge is 0.394 e. The van der Waals surface area contributed by atoms with Gasteiger partial charge in [-0.1, -0.05) is 226 Å². The van der Waals surface area contributed by atoms with Crippen molar-refractivity contribution >= 4 is 11.7 Å². The number of ketones is 1. The van der Waals surface area contributed by atoms with Crippen LogP contribution in [0.15, 0.2) is 0 Å². The quantitative estimate of drug-likeness (QED) is 0.0291. The fraction of sp³-hybridized carbons (Fsp3) is 0.968. The number of amides is 1. The number of nitrogens with one attached hydrogen (secondary N) is 1. The van der Waals surface area contributed by atoms with Crippen LogP contribution in [0.3, 0.4) is 0 Å². The van der Waals surface area contributed by atoms with E-state index in [1.165, 1.54) is 142 Å². The summed E-state index contributed by atoms with van der Waals surface area (Å²) in [5.74, 6) is -2.49. The van der Waals surface area contributed by atoms with Crippen LogP contribution in [-0.2, 0) is 38.0 Å². The molecule has 0 saturated carbocycles. The van der Waals surface area contributed by atoms with Gasteiger partial charge in [-0.2, -0.15) is 0 Å². The van der Waals surface area contributed by atoms with Gasteiger partial charge in [-0.25, -0.2) is 0 Å². The summed E-state index contributed by atoms with van der Waals surface area (Å²) in [5, 5.41) is 143. The van der Waals surface area contributed by atoms with E-state index in [9.17, 15) is 76.0 Å². The van der Waals surface area contributed by atoms with Gasteiger partial charge in [0.25, 0.3) is 5.91 Å². The van der Waals surface area contributed by atoms with E-state index in [1.807, 2.05) is 0 Å². The van der Waals surface area contributed by atoms with Crippen molar-refractivity contribution in [3.05, 3.63) is 0 Å². The first-order chi connectivity index (χ1) is 40.9. The first kappa shape index (κ1) is 77.6. The van der Waals surface area contributed by atoms with E-state index in [0.717, 1.165) is 64.2 Å². The molecule has 3 rings (SSSR count). The molecule has 3 aliphatic heterocycles. The highest BCUT2D eigenvalue weighted by atomic mass is 16.8. The molecule has 22 heteroatoms. The summed E-state index contributed by atoms with van der Waals surface area (Å²) in [4.78, 5) is 26.9. The van der Waals surface area contributed by atoms with Gasteiger partial charge in [-0.15, -0.1) is 0 Å². The Kier molecular flexibility index (Phi) is 41.6. The number of hydrogen-bond acceptors (Lipinski definition) is 21. The third kappa shape index (κ3) is 28.6. The Morgan fingerprint density at radius 2 is 0.812 bits per heavy atom. The maximum Gasteiger partial charge on any atom is 0.257 e. The molecule has 1 amide bonds. The standard InChI is InChI=1S/C63H119NO21/c1-4-6-8-10-12-14-16-18-19-20-21-22-23-24-26-28-30-32-34-36-38-45(68)50(71)54(75)60(79)64-43(49(70)44(67)37-35-33-31-29-27-25-17-15-13-11-9-7-5-2)41-80-61-57(78)59(85-62-55(76)52(73)48(69)42(3)81-62)58(47(40-66)83-61)84-63-56(77)53(74)51(72)46(39-65)82-63/h42-49,51-59,61-63,65-70,72-78H,4-41H2,1-3H3,(H,64,79)/t42-,43+,44-,45-,46-,47-,48+,49+,51+,52+,53+,54-,55-,56-,57-,58-,59-,61-,62-,63+/m1/s1. The Morgan fingerprint density at radius 1 is 0.435 bits per heavy atom. The molecule has 502 valence electrons. The van der Waals surface area contributed by atoms with Crippen molar-refractivity contribution in [1.29, 1.82) is 0 Å². The van der Waals surface area contributed by atoms with Crippen LogP contribution in [0, 0.1) is 0 Å². The minimum absolute atomic E-state index is 0.00375. The van der Waals surface area contributed by atoms with E-state index >= 15 is 0 Å². The molecule has 3 fully saturated rings. The zero-order chi connectivity index (χ0) is 62.5. The SMILES string of the molecule is CCCCCCCCCCCCCCCCCCCCCC[C@@H](O)C(=O)[C@@H](O)C(=O)N[C@@H](CO[C@@H]1O[C@H](CO)[C@@H](O[C@@H]2O[C@H](CO)[C@H](O)[C@H](O)[C@H]2O)[C@H](O[C@H]2O[C@H](C)[C@H](O)[C@H](O)[C@H]2O)[C@H]1O)[C@H](O)[C@H](O)CCCCCCCCCCCCCCC. The van der Waals surface area contributed by atoms with Crippen LogP contribution in [0.4, 0.5) is 0 Å². The van der Waals surface area contributed by atoms with E-state index in [1.54, 1.807) is 0 Å². The Morgan fingerprint density at radius 3 is 1.25 bits per heavy atom. The van der Waals surface area contributed by atoms with Crippen LogP contribution in [0.2, 0.25) is 0 Å². The van der Waals surface area contributed by atoms with Gasteiger partial charge in [0.05, 0.1) is 38.1 Å². The van der Waals surface area contributed by atoms with Gasteiger partial charge < -0.3 is 100 Å². The van der Waals surface area contributed by atoms with Crippen molar-refractivity contribution in [3.63, 3.8) is 0 Å². The maximum absolute atomic E-state index is 13.7. The lowest BCUT2D eigenvalue weighted by Gasteiger charge is -2.49. The predicted octanol–water partition coefficient (Wildman–Crippen LogP) is 4.67. The molecule has 0 aromatic heterocycles. The molecule has 0 radical (unpaired) electrons. The fourth-order valence-electron chi connectivity index (χ4n) is 11.7. The highest BCUT2D eigenvalue weighted by Gasteiger charge is 2.54. The smallest absolute Gasteiger partial charge is 0.257 e. The molecule has 0 aliphatic carbocycles. The molecule has 3 aliphatic rings. The van der Waals surface area contributed by atoms with Crippen molar-refractivity contribution in [3.8, 4) is 0 Å². The summed E-state index contributed by atoms with van der Waals surface area (Å²) < 4.78 is 34.9. The zero-order valence-corrected chi connectivity index (χ0v) is 52.0. The average Bonchev–Trinajstić information content (AvgIpc) is 2.07. The second kappa shape index (κ2) is 45.6. The summed E-state index contributed by atoms with van der Waals surface area (Å²) in [7, 11) is 0. The molecular weight excluding hydrogens is 1110 g/mol. The number of aliphatic hydroxyl groups is 13. The van der Waals surface area contributed by atoms with Gasteiger partial charge in [-0.05, 0) is 19.8 Å². The average molecular weight is 1230 g/mol. The van der Waals surface area contributed by atoms with Crippen molar-refractivity contribution in [1.82, 2.24) is 5.32 Å². The Bertz CT molecular complexity index is 1670. The van der Waals surface area contributed by atoms with E-state index in [4.69, 9.17) is 28.4 Å².